The first-order valence-electron chi connectivity index (χ1n) is 11.7. The minimum atomic E-state index is 0.341. The lowest BCUT2D eigenvalue weighted by atomic mass is 9.52. The van der Waals surface area contributed by atoms with E-state index in [2.05, 4.69) is 19.9 Å². The van der Waals surface area contributed by atoms with Gasteiger partial charge in [0.2, 0.25) is 11.7 Å². The normalized spacial score (nSPS) is 33.8. The third-order valence-corrected chi connectivity index (χ3v) is 8.03. The monoisotopic (exact) mass is 408 g/mol. The number of aromatic nitrogens is 2. The Labute approximate surface area is 178 Å². The maximum atomic E-state index is 5.72. The minimum absolute atomic E-state index is 0.341. The van der Waals surface area contributed by atoms with Crippen molar-refractivity contribution in [2.45, 2.75) is 57.2 Å². The molecular weight excluding hydrogens is 376 g/mol. The summed E-state index contributed by atoms with van der Waals surface area (Å²) in [7, 11) is 0. The van der Waals surface area contributed by atoms with Gasteiger partial charge >= 0.3 is 0 Å². The van der Waals surface area contributed by atoms with Gasteiger partial charge in [-0.2, -0.15) is 4.98 Å². The van der Waals surface area contributed by atoms with Gasteiger partial charge in [0.05, 0.1) is 6.54 Å². The second kappa shape index (κ2) is 7.65. The summed E-state index contributed by atoms with van der Waals surface area (Å²) < 4.78 is 11.2. The molecule has 7 rings (SSSR count). The van der Waals surface area contributed by atoms with Crippen LogP contribution in [0.5, 0.6) is 5.75 Å². The summed E-state index contributed by atoms with van der Waals surface area (Å²) in [5.74, 6) is 5.19. The molecule has 4 saturated carbocycles. The van der Waals surface area contributed by atoms with E-state index in [4.69, 9.17) is 9.26 Å². The van der Waals surface area contributed by atoms with Crippen LogP contribution in [0.3, 0.4) is 0 Å². The molecule has 4 aliphatic carbocycles. The fourth-order valence-corrected chi connectivity index (χ4v) is 7.10. The molecule has 1 aliphatic heterocycles. The summed E-state index contributed by atoms with van der Waals surface area (Å²) >= 11 is 0. The molecule has 2 heterocycles. The molecule has 0 N–H and O–H groups in total. The first-order chi connectivity index (χ1) is 14.7. The Kier molecular flexibility index (Phi) is 4.80. The van der Waals surface area contributed by atoms with Gasteiger partial charge in [0, 0.05) is 31.7 Å². The lowest BCUT2D eigenvalue weighted by molar-refractivity contribution is -0.102. The summed E-state index contributed by atoms with van der Waals surface area (Å²) in [6.45, 7) is 5.65. The molecule has 1 aromatic heterocycles. The van der Waals surface area contributed by atoms with Crippen LogP contribution in [0.1, 0.15) is 50.2 Å². The van der Waals surface area contributed by atoms with Gasteiger partial charge in [0.1, 0.15) is 5.75 Å². The standard InChI is InChI=1S/C24H32N4O2/c1-2-4-21(5-3-1)29-17-22-25-23(30-26-22)16-27-6-8-28(9-7-27)24-13-18-10-19(14-24)12-20(11-18)15-24/h1-5,18-20H,6-17H2. The van der Waals surface area contributed by atoms with Crippen LogP contribution in [-0.2, 0) is 13.2 Å². The Morgan fingerprint density at radius 2 is 1.60 bits per heavy atom. The van der Waals surface area contributed by atoms with E-state index in [1.54, 1.807) is 0 Å². The lowest BCUT2D eigenvalue weighted by Gasteiger charge is -2.61. The molecule has 0 radical (unpaired) electrons. The minimum Gasteiger partial charge on any atom is -0.485 e. The van der Waals surface area contributed by atoms with Gasteiger partial charge < -0.3 is 9.26 Å². The van der Waals surface area contributed by atoms with Crippen molar-refractivity contribution in [3.8, 4) is 5.75 Å². The molecule has 4 bridgehead atoms. The quantitative estimate of drug-likeness (QED) is 0.726. The van der Waals surface area contributed by atoms with E-state index in [-0.39, 0.29) is 0 Å². The average Bonchev–Trinajstić information content (AvgIpc) is 3.20. The number of para-hydroxylation sites is 1. The van der Waals surface area contributed by atoms with Gasteiger partial charge in [-0.05, 0) is 68.4 Å². The second-order valence-corrected chi connectivity index (χ2v) is 10.1. The number of hydrogen-bond donors (Lipinski definition) is 0. The molecule has 30 heavy (non-hydrogen) atoms. The lowest BCUT2D eigenvalue weighted by Crippen LogP contribution is -2.63. The number of rotatable bonds is 6. The summed E-state index contributed by atoms with van der Waals surface area (Å²) in [5.41, 5.74) is 0.535. The maximum absolute atomic E-state index is 5.72. The van der Waals surface area contributed by atoms with Gasteiger partial charge in [-0.15, -0.1) is 0 Å². The Hall–Kier alpha value is -1.92. The second-order valence-electron chi connectivity index (χ2n) is 10.1. The highest BCUT2D eigenvalue weighted by Gasteiger charge is 2.53. The Bertz CT molecular complexity index is 824. The van der Waals surface area contributed by atoms with Crippen molar-refractivity contribution in [2.75, 3.05) is 26.2 Å². The summed E-state index contributed by atoms with van der Waals surface area (Å²) in [5, 5.41) is 4.09. The van der Waals surface area contributed by atoms with E-state index in [9.17, 15) is 0 Å². The molecule has 0 spiro atoms. The van der Waals surface area contributed by atoms with Gasteiger partial charge in [-0.1, -0.05) is 23.4 Å². The van der Waals surface area contributed by atoms with Crippen LogP contribution in [0.25, 0.3) is 0 Å². The van der Waals surface area contributed by atoms with E-state index in [1.807, 2.05) is 30.3 Å². The largest absolute Gasteiger partial charge is 0.485 e. The van der Waals surface area contributed by atoms with Crippen molar-refractivity contribution in [1.82, 2.24) is 19.9 Å². The van der Waals surface area contributed by atoms with Crippen LogP contribution >= 0.6 is 0 Å². The molecule has 6 nitrogen and oxygen atoms in total. The van der Waals surface area contributed by atoms with Crippen LogP contribution in [0.4, 0.5) is 0 Å². The number of nitrogens with zero attached hydrogens (tertiary/aromatic N) is 4. The van der Waals surface area contributed by atoms with E-state index < -0.39 is 0 Å². The molecule has 1 saturated heterocycles. The van der Waals surface area contributed by atoms with Crippen molar-refractivity contribution in [3.05, 3.63) is 42.0 Å². The zero-order valence-electron chi connectivity index (χ0n) is 17.7. The fraction of sp³-hybridized carbons (Fsp3) is 0.667. The smallest absolute Gasteiger partial charge is 0.240 e. The summed E-state index contributed by atoms with van der Waals surface area (Å²) in [4.78, 5) is 9.86. The Morgan fingerprint density at radius 3 is 2.27 bits per heavy atom. The maximum Gasteiger partial charge on any atom is 0.240 e. The van der Waals surface area contributed by atoms with Crippen LogP contribution in [-0.4, -0.2) is 51.7 Å². The van der Waals surface area contributed by atoms with Gasteiger partial charge in [0.15, 0.2) is 6.61 Å². The van der Waals surface area contributed by atoms with Crippen LogP contribution in [0.2, 0.25) is 0 Å². The molecule has 5 aliphatic rings. The van der Waals surface area contributed by atoms with E-state index >= 15 is 0 Å². The topological polar surface area (TPSA) is 54.6 Å². The average molecular weight is 409 g/mol. The molecule has 1 aromatic carbocycles. The van der Waals surface area contributed by atoms with Crippen molar-refractivity contribution >= 4 is 0 Å². The highest BCUT2D eigenvalue weighted by Crippen LogP contribution is 2.57. The van der Waals surface area contributed by atoms with Crippen LogP contribution in [0.15, 0.2) is 34.9 Å². The Morgan fingerprint density at radius 1 is 0.933 bits per heavy atom. The molecule has 0 unspecified atom stereocenters. The first-order valence-corrected chi connectivity index (χ1v) is 11.7. The van der Waals surface area contributed by atoms with Crippen molar-refractivity contribution < 1.29 is 9.26 Å². The fourth-order valence-electron chi connectivity index (χ4n) is 7.10. The highest BCUT2D eigenvalue weighted by atomic mass is 16.5. The number of hydrogen-bond acceptors (Lipinski definition) is 6. The number of piperazine rings is 1. The SMILES string of the molecule is c1ccc(OCc2noc(CN3CCN(C45CC6CC(CC(C6)C4)C5)CC3)n2)cc1. The van der Waals surface area contributed by atoms with E-state index in [0.29, 0.717) is 23.9 Å². The zero-order valence-corrected chi connectivity index (χ0v) is 17.7. The highest BCUT2D eigenvalue weighted by molar-refractivity contribution is 5.21. The zero-order chi connectivity index (χ0) is 20.0. The molecule has 0 atom stereocenters. The third kappa shape index (κ3) is 3.65. The summed E-state index contributed by atoms with van der Waals surface area (Å²) in [6.07, 6.45) is 8.96. The summed E-state index contributed by atoms with van der Waals surface area (Å²) in [6, 6.07) is 9.76. The number of benzene rings is 1. The van der Waals surface area contributed by atoms with Crippen LogP contribution in [0, 0.1) is 17.8 Å². The van der Waals surface area contributed by atoms with Crippen LogP contribution < -0.4 is 4.74 Å². The molecule has 0 amide bonds. The first kappa shape index (κ1) is 18.8. The van der Waals surface area contributed by atoms with E-state index in [1.165, 1.54) is 51.6 Å². The molecule has 160 valence electrons. The van der Waals surface area contributed by atoms with Gasteiger partial charge in [0.25, 0.3) is 0 Å². The Balaban J connectivity index is 1.01. The van der Waals surface area contributed by atoms with E-state index in [0.717, 1.165) is 43.1 Å². The number of ether oxygens (including phenoxy) is 1. The van der Waals surface area contributed by atoms with Crippen molar-refractivity contribution in [2.24, 2.45) is 17.8 Å². The molecule has 5 fully saturated rings. The van der Waals surface area contributed by atoms with Gasteiger partial charge in [-0.3, -0.25) is 9.80 Å². The predicted molar refractivity (Wildman–Crippen MR) is 113 cm³/mol. The molecule has 2 aromatic rings. The van der Waals surface area contributed by atoms with Crippen molar-refractivity contribution in [3.63, 3.8) is 0 Å². The van der Waals surface area contributed by atoms with Gasteiger partial charge in [-0.25, -0.2) is 0 Å². The van der Waals surface area contributed by atoms with Crippen molar-refractivity contribution in [1.29, 1.82) is 0 Å². The third-order valence-electron chi connectivity index (χ3n) is 8.03. The predicted octanol–water partition coefficient (Wildman–Crippen LogP) is 3.74. The molecular formula is C24H32N4O2. The molecule has 6 heteroatoms.